The van der Waals surface area contributed by atoms with Crippen LogP contribution >= 0.6 is 11.3 Å². The quantitative estimate of drug-likeness (QED) is 0.820. The van der Waals surface area contributed by atoms with Gasteiger partial charge in [0, 0.05) is 23.0 Å². The first kappa shape index (κ1) is 19.4. The molecule has 0 radical (unpaired) electrons. The molecule has 2 amide bonds. The Balaban J connectivity index is 1.57. The summed E-state index contributed by atoms with van der Waals surface area (Å²) >= 11 is 1.54. The van der Waals surface area contributed by atoms with Crippen LogP contribution in [-0.2, 0) is 0 Å². The highest BCUT2D eigenvalue weighted by atomic mass is 32.1. The normalized spacial score (nSPS) is 16.6. The number of amides is 2. The molecule has 1 aromatic heterocycles. The van der Waals surface area contributed by atoms with Gasteiger partial charge >= 0.3 is 0 Å². The Morgan fingerprint density at radius 2 is 1.96 bits per heavy atom. The fourth-order valence-electron chi connectivity index (χ4n) is 3.21. The van der Waals surface area contributed by atoms with Gasteiger partial charge in [-0.25, -0.2) is 0 Å². The van der Waals surface area contributed by atoms with E-state index in [1.165, 1.54) is 11.3 Å². The van der Waals surface area contributed by atoms with Gasteiger partial charge in [-0.2, -0.15) is 0 Å². The zero-order chi connectivity index (χ0) is 19.4. The number of thiophene rings is 1. The molecule has 144 valence electrons. The van der Waals surface area contributed by atoms with E-state index in [9.17, 15) is 9.59 Å². The number of hydrogen-bond acceptors (Lipinski definition) is 4. The lowest BCUT2D eigenvalue weighted by atomic mass is 10.2. The average molecular weight is 387 g/mol. The van der Waals surface area contributed by atoms with Gasteiger partial charge in [0.2, 0.25) is 0 Å². The predicted molar refractivity (Wildman–Crippen MR) is 108 cm³/mol. The third-order valence-electron chi connectivity index (χ3n) is 4.57. The Kier molecular flexibility index (Phi) is 6.16. The number of carbonyl (C=O) groups excluding carboxylic acids is 2. The van der Waals surface area contributed by atoms with E-state index in [2.05, 4.69) is 5.32 Å². The zero-order valence-corrected chi connectivity index (χ0v) is 16.8. The minimum atomic E-state index is -0.0876. The summed E-state index contributed by atoms with van der Waals surface area (Å²) in [6.07, 6.45) is 1.95. The van der Waals surface area contributed by atoms with Gasteiger partial charge in [-0.1, -0.05) is 0 Å². The number of benzene rings is 1. The molecule has 0 spiro atoms. The Morgan fingerprint density at radius 1 is 1.22 bits per heavy atom. The van der Waals surface area contributed by atoms with Gasteiger partial charge in [-0.3, -0.25) is 9.59 Å². The first-order valence-electron chi connectivity index (χ1n) is 9.35. The third-order valence-corrected chi connectivity index (χ3v) is 5.56. The summed E-state index contributed by atoms with van der Waals surface area (Å²) in [6, 6.07) is 11.2. The summed E-state index contributed by atoms with van der Waals surface area (Å²) in [5, 5.41) is 2.87. The van der Waals surface area contributed by atoms with Crippen molar-refractivity contribution in [2.24, 2.45) is 0 Å². The van der Waals surface area contributed by atoms with Crippen molar-refractivity contribution in [3.05, 3.63) is 51.7 Å². The summed E-state index contributed by atoms with van der Waals surface area (Å²) in [4.78, 5) is 28.6. The maximum Gasteiger partial charge on any atom is 0.264 e. The number of aryl methyl sites for hydroxylation is 1. The first-order valence-corrected chi connectivity index (χ1v) is 10.2. The van der Waals surface area contributed by atoms with Crippen LogP contribution < -0.4 is 10.1 Å². The van der Waals surface area contributed by atoms with Crippen LogP contribution in [0.5, 0.6) is 5.75 Å². The largest absolute Gasteiger partial charge is 0.491 e. The molecule has 0 saturated carbocycles. The number of rotatable bonds is 6. The second-order valence-corrected chi connectivity index (χ2v) is 8.46. The number of nitrogens with zero attached hydrogens (tertiary/aromatic N) is 1. The van der Waals surface area contributed by atoms with Gasteiger partial charge in [0.1, 0.15) is 12.4 Å². The van der Waals surface area contributed by atoms with Crippen LogP contribution in [0.4, 0.5) is 0 Å². The molecule has 0 bridgehead atoms. The van der Waals surface area contributed by atoms with Crippen molar-refractivity contribution in [2.45, 2.75) is 45.7 Å². The van der Waals surface area contributed by atoms with E-state index in [4.69, 9.17) is 4.74 Å². The lowest BCUT2D eigenvalue weighted by molar-refractivity contribution is 0.0696. The molecule has 0 aliphatic carbocycles. The summed E-state index contributed by atoms with van der Waals surface area (Å²) < 4.78 is 5.91. The van der Waals surface area contributed by atoms with Crippen molar-refractivity contribution < 1.29 is 14.3 Å². The summed E-state index contributed by atoms with van der Waals surface area (Å²) in [5.74, 6) is 0.720. The van der Waals surface area contributed by atoms with Crippen LogP contribution in [-0.4, -0.2) is 41.9 Å². The monoisotopic (exact) mass is 386 g/mol. The molecular formula is C21H26N2O3S. The minimum absolute atomic E-state index is 0.0869. The maximum atomic E-state index is 12.7. The van der Waals surface area contributed by atoms with Crippen molar-refractivity contribution >= 4 is 23.2 Å². The van der Waals surface area contributed by atoms with Gasteiger partial charge in [0.25, 0.3) is 11.8 Å². The number of likely N-dealkylation sites (tertiary alicyclic amines) is 1. The molecule has 2 aromatic rings. The molecule has 1 unspecified atom stereocenters. The molecule has 5 nitrogen and oxygen atoms in total. The molecule has 1 saturated heterocycles. The van der Waals surface area contributed by atoms with E-state index in [-0.39, 0.29) is 23.9 Å². The van der Waals surface area contributed by atoms with Crippen LogP contribution in [0.3, 0.4) is 0 Å². The van der Waals surface area contributed by atoms with Crippen LogP contribution in [0.15, 0.2) is 36.4 Å². The molecule has 1 aromatic carbocycles. The fraction of sp³-hybridized carbons (Fsp3) is 0.429. The molecule has 1 aliphatic rings. The predicted octanol–water partition coefficient (Wildman–Crippen LogP) is 3.88. The van der Waals surface area contributed by atoms with Crippen LogP contribution in [0.1, 0.15) is 51.6 Å². The first-order chi connectivity index (χ1) is 12.9. The van der Waals surface area contributed by atoms with E-state index in [1.54, 1.807) is 24.3 Å². The standard InChI is InChI=1S/C21H26N2O3S/c1-14(2)22-20(24)16-7-9-18(10-8-16)26-13-17-5-4-12-23(17)21(25)19-11-6-15(3)27-19/h6-11,14,17H,4-5,12-13H2,1-3H3,(H,22,24). The SMILES string of the molecule is Cc1ccc(C(=O)N2CCCC2COc2ccc(C(=O)NC(C)C)cc2)s1. The van der Waals surface area contributed by atoms with Gasteiger partial charge in [-0.05, 0) is 70.0 Å². The average Bonchev–Trinajstić information content (AvgIpc) is 3.28. The van der Waals surface area contributed by atoms with E-state index in [1.807, 2.05) is 37.8 Å². The van der Waals surface area contributed by atoms with E-state index in [0.717, 1.165) is 29.1 Å². The van der Waals surface area contributed by atoms with Gasteiger partial charge in [0.05, 0.1) is 10.9 Å². The fourth-order valence-corrected chi connectivity index (χ4v) is 4.03. The number of ether oxygens (including phenoxy) is 1. The van der Waals surface area contributed by atoms with Crippen molar-refractivity contribution in [3.63, 3.8) is 0 Å². The molecule has 6 heteroatoms. The molecular weight excluding hydrogens is 360 g/mol. The van der Waals surface area contributed by atoms with Crippen molar-refractivity contribution in [3.8, 4) is 5.75 Å². The molecule has 2 heterocycles. The molecule has 1 aliphatic heterocycles. The van der Waals surface area contributed by atoms with Gasteiger partial charge in [-0.15, -0.1) is 11.3 Å². The highest BCUT2D eigenvalue weighted by Crippen LogP contribution is 2.24. The van der Waals surface area contributed by atoms with Gasteiger partial charge < -0.3 is 15.0 Å². The Labute approximate surface area is 164 Å². The zero-order valence-electron chi connectivity index (χ0n) is 16.0. The van der Waals surface area contributed by atoms with Crippen molar-refractivity contribution in [1.29, 1.82) is 0 Å². The number of hydrogen-bond donors (Lipinski definition) is 1. The Morgan fingerprint density at radius 3 is 2.59 bits per heavy atom. The van der Waals surface area contributed by atoms with Gasteiger partial charge in [0.15, 0.2) is 0 Å². The number of nitrogens with one attached hydrogen (secondary N) is 1. The van der Waals surface area contributed by atoms with Crippen LogP contribution in [0, 0.1) is 6.92 Å². The maximum absolute atomic E-state index is 12.7. The van der Waals surface area contributed by atoms with Crippen LogP contribution in [0.2, 0.25) is 0 Å². The smallest absolute Gasteiger partial charge is 0.264 e. The molecule has 1 atom stereocenters. The Hall–Kier alpha value is -2.34. The second-order valence-electron chi connectivity index (χ2n) is 7.17. The lowest BCUT2D eigenvalue weighted by Gasteiger charge is -2.24. The summed E-state index contributed by atoms with van der Waals surface area (Å²) in [5.41, 5.74) is 0.613. The minimum Gasteiger partial charge on any atom is -0.491 e. The van der Waals surface area contributed by atoms with Crippen molar-refractivity contribution in [1.82, 2.24) is 10.2 Å². The molecule has 1 fully saturated rings. The second kappa shape index (κ2) is 8.57. The highest BCUT2D eigenvalue weighted by molar-refractivity contribution is 7.13. The highest BCUT2D eigenvalue weighted by Gasteiger charge is 2.30. The van der Waals surface area contributed by atoms with E-state index >= 15 is 0 Å². The molecule has 27 heavy (non-hydrogen) atoms. The summed E-state index contributed by atoms with van der Waals surface area (Å²) in [7, 11) is 0. The van der Waals surface area contributed by atoms with E-state index in [0.29, 0.717) is 17.9 Å². The topological polar surface area (TPSA) is 58.6 Å². The molecule has 1 N–H and O–H groups in total. The van der Waals surface area contributed by atoms with Crippen molar-refractivity contribution in [2.75, 3.05) is 13.2 Å². The number of carbonyl (C=O) groups is 2. The van der Waals surface area contributed by atoms with E-state index < -0.39 is 0 Å². The third kappa shape index (κ3) is 4.89. The lowest BCUT2D eigenvalue weighted by Crippen LogP contribution is -2.38. The molecule has 3 rings (SSSR count). The Bertz CT molecular complexity index is 798. The summed E-state index contributed by atoms with van der Waals surface area (Å²) in [6.45, 7) is 7.12. The van der Waals surface area contributed by atoms with Crippen LogP contribution in [0.25, 0.3) is 0 Å².